The lowest BCUT2D eigenvalue weighted by molar-refractivity contribution is -0.145. The molecule has 0 unspecified atom stereocenters. The maximum absolute atomic E-state index is 12.7. The first-order valence-electron chi connectivity index (χ1n) is 8.15. The van der Waals surface area contributed by atoms with E-state index in [0.717, 1.165) is 12.8 Å². The minimum atomic E-state index is -0.223. The summed E-state index contributed by atoms with van der Waals surface area (Å²) in [5.74, 6) is -0.433. The van der Waals surface area contributed by atoms with Gasteiger partial charge in [0.05, 0.1) is 17.7 Å². The molecule has 1 aromatic rings. The van der Waals surface area contributed by atoms with Crippen LogP contribution in [0.25, 0.3) is 0 Å². The smallest absolute Gasteiger partial charge is 0.257 e. The molecule has 8 nitrogen and oxygen atoms in total. The topological polar surface area (TPSA) is 78.8 Å². The highest BCUT2D eigenvalue weighted by Crippen LogP contribution is 2.29. The van der Waals surface area contributed by atoms with Crippen molar-refractivity contribution in [2.45, 2.75) is 18.9 Å². The summed E-state index contributed by atoms with van der Waals surface area (Å²) in [6.07, 6.45) is 4.83. The van der Waals surface area contributed by atoms with E-state index in [1.54, 1.807) is 48.0 Å². The molecule has 2 bridgehead atoms. The van der Waals surface area contributed by atoms with Crippen molar-refractivity contribution in [2.24, 2.45) is 13.0 Å². The molecule has 3 saturated heterocycles. The van der Waals surface area contributed by atoms with Crippen LogP contribution in [0, 0.1) is 5.92 Å². The monoisotopic (exact) mass is 333 g/mol. The molecule has 0 aromatic carbocycles. The zero-order valence-electron chi connectivity index (χ0n) is 14.3. The van der Waals surface area contributed by atoms with E-state index in [-0.39, 0.29) is 36.2 Å². The Bertz CT molecular complexity index is 668. The van der Waals surface area contributed by atoms with Gasteiger partial charge in [-0.3, -0.25) is 19.1 Å². The molecule has 3 amide bonds. The number of piperidine rings is 1. The first kappa shape index (κ1) is 16.5. The van der Waals surface area contributed by atoms with Gasteiger partial charge in [-0.05, 0) is 12.8 Å². The van der Waals surface area contributed by atoms with Gasteiger partial charge in [0.2, 0.25) is 11.8 Å². The maximum Gasteiger partial charge on any atom is 0.257 e. The number of aryl methyl sites for hydroxylation is 1. The third-order valence-electron chi connectivity index (χ3n) is 4.84. The second-order valence-corrected chi connectivity index (χ2v) is 6.80. The molecule has 2 atom stereocenters. The normalized spacial score (nSPS) is 23.4. The first-order chi connectivity index (χ1) is 11.4. The van der Waals surface area contributed by atoms with Crippen molar-refractivity contribution in [3.63, 3.8) is 0 Å². The third-order valence-corrected chi connectivity index (χ3v) is 4.84. The number of aromatic nitrogens is 2. The van der Waals surface area contributed by atoms with E-state index in [1.165, 1.54) is 4.90 Å². The highest BCUT2D eigenvalue weighted by atomic mass is 16.2. The molecular weight excluding hydrogens is 310 g/mol. The molecule has 8 heteroatoms. The van der Waals surface area contributed by atoms with Crippen molar-refractivity contribution in [1.29, 1.82) is 0 Å². The van der Waals surface area contributed by atoms with Gasteiger partial charge in [0.25, 0.3) is 5.91 Å². The fraction of sp³-hybridized carbons (Fsp3) is 0.625. The Morgan fingerprint density at radius 3 is 2.67 bits per heavy atom. The SMILES string of the molecule is CN(C)C(=O)CN1C(=O)[C@@H]2CC[C@H]1CN(C(=O)c1cnn(C)c1)C2. The lowest BCUT2D eigenvalue weighted by atomic mass is 9.94. The summed E-state index contributed by atoms with van der Waals surface area (Å²) in [7, 11) is 5.13. The molecule has 3 aliphatic heterocycles. The second kappa shape index (κ2) is 6.26. The standard InChI is InChI=1S/C16H23N5O3/c1-18(2)14(22)10-21-13-5-4-11(16(21)24)8-20(9-13)15(23)12-6-17-19(3)7-12/h6-7,11,13H,4-5,8-10H2,1-3H3/t11-,13+/m1/s1. The molecule has 3 fully saturated rings. The largest absolute Gasteiger partial charge is 0.347 e. The molecular formula is C16H23N5O3. The number of carbonyl (C=O) groups is 3. The summed E-state index contributed by atoms with van der Waals surface area (Å²) in [6, 6.07) is -0.0965. The number of nitrogens with zero attached hydrogens (tertiary/aromatic N) is 5. The van der Waals surface area contributed by atoms with E-state index < -0.39 is 0 Å². The summed E-state index contributed by atoms with van der Waals surface area (Å²) in [5.41, 5.74) is 0.530. The van der Waals surface area contributed by atoms with Crippen molar-refractivity contribution in [1.82, 2.24) is 24.5 Å². The highest BCUT2D eigenvalue weighted by Gasteiger charge is 2.42. The molecule has 0 saturated carbocycles. The Hall–Kier alpha value is -2.38. The van der Waals surface area contributed by atoms with Gasteiger partial charge in [0.15, 0.2) is 0 Å². The predicted molar refractivity (Wildman–Crippen MR) is 86.0 cm³/mol. The summed E-state index contributed by atoms with van der Waals surface area (Å²) in [6.45, 7) is 0.967. The van der Waals surface area contributed by atoms with E-state index in [4.69, 9.17) is 0 Å². The van der Waals surface area contributed by atoms with Crippen LogP contribution in [0.4, 0.5) is 0 Å². The number of amides is 3. The van der Waals surface area contributed by atoms with Gasteiger partial charge in [-0.25, -0.2) is 0 Å². The maximum atomic E-state index is 12.7. The van der Waals surface area contributed by atoms with Crippen LogP contribution >= 0.6 is 0 Å². The lowest BCUT2D eigenvalue weighted by Gasteiger charge is -2.35. The van der Waals surface area contributed by atoms with Crippen molar-refractivity contribution in [3.8, 4) is 0 Å². The second-order valence-electron chi connectivity index (χ2n) is 6.80. The van der Waals surface area contributed by atoms with Gasteiger partial charge in [0, 0.05) is 46.5 Å². The number of hydrogen-bond donors (Lipinski definition) is 0. The van der Waals surface area contributed by atoms with Crippen molar-refractivity contribution < 1.29 is 14.4 Å². The Kier molecular flexibility index (Phi) is 4.29. The molecule has 0 spiro atoms. The Morgan fingerprint density at radius 2 is 2.04 bits per heavy atom. The van der Waals surface area contributed by atoms with Crippen molar-refractivity contribution in [2.75, 3.05) is 33.7 Å². The van der Waals surface area contributed by atoms with Crippen LogP contribution in [0.3, 0.4) is 0 Å². The van der Waals surface area contributed by atoms with E-state index in [2.05, 4.69) is 5.10 Å². The Morgan fingerprint density at radius 1 is 1.29 bits per heavy atom. The van der Waals surface area contributed by atoms with Crippen molar-refractivity contribution >= 4 is 17.7 Å². The van der Waals surface area contributed by atoms with Crippen LogP contribution in [-0.4, -0.2) is 82.0 Å². The number of fused-ring (bicyclic) bond motifs is 4. The van der Waals surface area contributed by atoms with Crippen LogP contribution in [0.1, 0.15) is 23.2 Å². The minimum absolute atomic E-state index is 0.0112. The minimum Gasteiger partial charge on any atom is -0.347 e. The van der Waals surface area contributed by atoms with Gasteiger partial charge in [-0.1, -0.05) is 0 Å². The highest BCUT2D eigenvalue weighted by molar-refractivity contribution is 5.95. The number of carbonyl (C=O) groups excluding carboxylic acids is 3. The molecule has 0 N–H and O–H groups in total. The molecule has 24 heavy (non-hydrogen) atoms. The van der Waals surface area contributed by atoms with Crippen LogP contribution in [-0.2, 0) is 16.6 Å². The first-order valence-corrected chi connectivity index (χ1v) is 8.15. The van der Waals surface area contributed by atoms with Gasteiger partial charge in [-0.15, -0.1) is 0 Å². The van der Waals surface area contributed by atoms with Crippen LogP contribution in [0.2, 0.25) is 0 Å². The number of rotatable bonds is 3. The zero-order valence-corrected chi connectivity index (χ0v) is 14.3. The van der Waals surface area contributed by atoms with E-state index >= 15 is 0 Å². The van der Waals surface area contributed by atoms with Crippen LogP contribution < -0.4 is 0 Å². The average Bonchev–Trinajstić information content (AvgIpc) is 2.79. The summed E-state index contributed by atoms with van der Waals surface area (Å²) >= 11 is 0. The number of hydrogen-bond acceptors (Lipinski definition) is 4. The van der Waals surface area contributed by atoms with Gasteiger partial charge >= 0.3 is 0 Å². The molecule has 0 radical (unpaired) electrons. The lowest BCUT2D eigenvalue weighted by Crippen LogP contribution is -2.51. The summed E-state index contributed by atoms with van der Waals surface area (Å²) < 4.78 is 1.59. The van der Waals surface area contributed by atoms with Crippen LogP contribution in [0.5, 0.6) is 0 Å². The molecule has 130 valence electrons. The molecule has 4 heterocycles. The predicted octanol–water partition coefficient (Wildman–Crippen LogP) is -0.429. The van der Waals surface area contributed by atoms with Gasteiger partial charge < -0.3 is 14.7 Å². The summed E-state index contributed by atoms with van der Waals surface area (Å²) in [5, 5.41) is 4.04. The third kappa shape index (κ3) is 3.00. The van der Waals surface area contributed by atoms with E-state index in [0.29, 0.717) is 18.7 Å². The fourth-order valence-electron chi connectivity index (χ4n) is 3.42. The Balaban J connectivity index is 1.78. The summed E-state index contributed by atoms with van der Waals surface area (Å²) in [4.78, 5) is 42.3. The van der Waals surface area contributed by atoms with E-state index in [1.807, 2.05) is 0 Å². The number of likely N-dealkylation sites (N-methyl/N-ethyl adjacent to an activating group) is 1. The zero-order chi connectivity index (χ0) is 17.4. The van der Waals surface area contributed by atoms with Crippen LogP contribution in [0.15, 0.2) is 12.4 Å². The van der Waals surface area contributed by atoms with E-state index in [9.17, 15) is 14.4 Å². The Labute approximate surface area is 141 Å². The van der Waals surface area contributed by atoms with Gasteiger partial charge in [0.1, 0.15) is 6.54 Å². The fourth-order valence-corrected chi connectivity index (χ4v) is 3.42. The quantitative estimate of drug-likeness (QED) is 0.752. The van der Waals surface area contributed by atoms with Crippen molar-refractivity contribution in [3.05, 3.63) is 18.0 Å². The molecule has 0 aliphatic carbocycles. The molecule has 4 rings (SSSR count). The van der Waals surface area contributed by atoms with Gasteiger partial charge in [-0.2, -0.15) is 5.10 Å². The molecule has 1 aromatic heterocycles. The average molecular weight is 333 g/mol. The molecule has 3 aliphatic rings.